The average Bonchev–Trinajstić information content (AvgIpc) is 2.62. The van der Waals surface area contributed by atoms with Gasteiger partial charge in [0.25, 0.3) is 0 Å². The predicted octanol–water partition coefficient (Wildman–Crippen LogP) is 2.58. The van der Waals surface area contributed by atoms with Gasteiger partial charge in [0.2, 0.25) is 0 Å². The third-order valence-electron chi connectivity index (χ3n) is 3.02. The van der Waals surface area contributed by atoms with Crippen LogP contribution in [0.15, 0.2) is 42.6 Å². The first-order valence-corrected chi connectivity index (χ1v) is 6.05. The zero-order chi connectivity index (χ0) is 12.4. The summed E-state index contributed by atoms with van der Waals surface area (Å²) in [5, 5.41) is 0. The van der Waals surface area contributed by atoms with Gasteiger partial charge in [0.1, 0.15) is 11.6 Å². The van der Waals surface area contributed by atoms with E-state index in [0.29, 0.717) is 5.82 Å². The van der Waals surface area contributed by atoms with Gasteiger partial charge in [-0.2, -0.15) is 0 Å². The Labute approximate surface area is 106 Å². The normalized spacial score (nSPS) is 14.6. The summed E-state index contributed by atoms with van der Waals surface area (Å²) in [6.45, 7) is 1.67. The van der Waals surface area contributed by atoms with E-state index in [1.807, 2.05) is 30.3 Å². The Balaban J connectivity index is 2.03. The maximum absolute atomic E-state index is 5.74. The van der Waals surface area contributed by atoms with Gasteiger partial charge < -0.3 is 15.4 Å². The van der Waals surface area contributed by atoms with E-state index < -0.39 is 0 Å². The molecule has 2 aromatic rings. The molecule has 18 heavy (non-hydrogen) atoms. The Hall–Kier alpha value is -2.23. The standard InChI is InChI=1S/C14H15N3O/c15-14-7-6-11(10-16-14)17-8-3-9-18-13-5-2-1-4-12(13)17/h1-2,4-7,10H,3,8-9H2,(H2,15,16). The maximum atomic E-state index is 5.74. The quantitative estimate of drug-likeness (QED) is 0.833. The monoisotopic (exact) mass is 241 g/mol. The van der Waals surface area contributed by atoms with Gasteiger partial charge in [-0.25, -0.2) is 4.98 Å². The smallest absolute Gasteiger partial charge is 0.142 e. The number of hydrogen-bond donors (Lipinski definition) is 1. The van der Waals surface area contributed by atoms with Crippen LogP contribution in [0.3, 0.4) is 0 Å². The lowest BCUT2D eigenvalue weighted by molar-refractivity contribution is 0.322. The Kier molecular flexibility index (Phi) is 2.76. The van der Waals surface area contributed by atoms with Gasteiger partial charge in [0.15, 0.2) is 0 Å². The molecule has 0 atom stereocenters. The molecule has 2 heterocycles. The van der Waals surface area contributed by atoms with Crippen molar-refractivity contribution < 1.29 is 4.74 Å². The highest BCUT2D eigenvalue weighted by atomic mass is 16.5. The summed E-state index contributed by atoms with van der Waals surface area (Å²) in [7, 11) is 0. The second kappa shape index (κ2) is 4.56. The van der Waals surface area contributed by atoms with Crippen LogP contribution in [-0.2, 0) is 0 Å². The lowest BCUT2D eigenvalue weighted by Crippen LogP contribution is -2.17. The van der Waals surface area contributed by atoms with E-state index in [1.165, 1.54) is 0 Å². The summed E-state index contributed by atoms with van der Waals surface area (Å²) in [6.07, 6.45) is 2.79. The number of nitrogens with zero attached hydrogens (tertiary/aromatic N) is 2. The molecule has 2 N–H and O–H groups in total. The Bertz CT molecular complexity index is 539. The summed E-state index contributed by atoms with van der Waals surface area (Å²) in [5.41, 5.74) is 7.76. The number of pyridine rings is 1. The number of benzene rings is 1. The second-order valence-corrected chi connectivity index (χ2v) is 4.26. The van der Waals surface area contributed by atoms with E-state index in [4.69, 9.17) is 10.5 Å². The van der Waals surface area contributed by atoms with Crippen molar-refractivity contribution in [2.45, 2.75) is 6.42 Å². The van der Waals surface area contributed by atoms with Crippen LogP contribution in [0.2, 0.25) is 0 Å². The molecule has 1 aliphatic heterocycles. The average molecular weight is 241 g/mol. The van der Waals surface area contributed by atoms with Crippen LogP contribution in [0.5, 0.6) is 5.75 Å². The fourth-order valence-corrected chi connectivity index (χ4v) is 2.15. The summed E-state index contributed by atoms with van der Waals surface area (Å²) < 4.78 is 5.74. The van der Waals surface area contributed by atoms with Crippen molar-refractivity contribution in [1.82, 2.24) is 4.98 Å². The van der Waals surface area contributed by atoms with Crippen LogP contribution < -0.4 is 15.4 Å². The van der Waals surface area contributed by atoms with Gasteiger partial charge in [-0.15, -0.1) is 0 Å². The molecule has 1 aromatic carbocycles. The molecule has 1 aliphatic rings. The van der Waals surface area contributed by atoms with Crippen molar-refractivity contribution in [2.24, 2.45) is 0 Å². The molecular formula is C14H15N3O. The number of anilines is 3. The molecule has 0 radical (unpaired) electrons. The molecule has 0 unspecified atom stereocenters. The summed E-state index contributed by atoms with van der Waals surface area (Å²) in [6, 6.07) is 11.9. The number of hydrogen-bond acceptors (Lipinski definition) is 4. The van der Waals surface area contributed by atoms with E-state index in [9.17, 15) is 0 Å². The number of fused-ring (bicyclic) bond motifs is 1. The minimum absolute atomic E-state index is 0.540. The highest BCUT2D eigenvalue weighted by molar-refractivity contribution is 5.69. The molecule has 0 saturated heterocycles. The number of aromatic nitrogens is 1. The van der Waals surface area contributed by atoms with Crippen LogP contribution in [0, 0.1) is 0 Å². The molecule has 4 heteroatoms. The number of rotatable bonds is 1. The Morgan fingerprint density at radius 2 is 2.06 bits per heavy atom. The lowest BCUT2D eigenvalue weighted by Gasteiger charge is -2.23. The molecule has 0 spiro atoms. The molecule has 0 fully saturated rings. The number of para-hydroxylation sites is 2. The molecular weight excluding hydrogens is 226 g/mol. The summed E-state index contributed by atoms with van der Waals surface area (Å²) >= 11 is 0. The van der Waals surface area contributed by atoms with E-state index >= 15 is 0 Å². The Morgan fingerprint density at radius 1 is 1.17 bits per heavy atom. The zero-order valence-electron chi connectivity index (χ0n) is 10.0. The lowest BCUT2D eigenvalue weighted by atomic mass is 10.2. The molecule has 92 valence electrons. The summed E-state index contributed by atoms with van der Waals surface area (Å²) in [5.74, 6) is 1.46. The van der Waals surface area contributed by atoms with E-state index in [-0.39, 0.29) is 0 Å². The second-order valence-electron chi connectivity index (χ2n) is 4.26. The number of nitrogen functional groups attached to an aromatic ring is 1. The van der Waals surface area contributed by atoms with Crippen molar-refractivity contribution in [1.29, 1.82) is 0 Å². The van der Waals surface area contributed by atoms with E-state index in [1.54, 1.807) is 6.20 Å². The van der Waals surface area contributed by atoms with Gasteiger partial charge in [0, 0.05) is 6.54 Å². The van der Waals surface area contributed by atoms with Crippen LogP contribution in [0.1, 0.15) is 6.42 Å². The molecule has 0 saturated carbocycles. The third kappa shape index (κ3) is 1.97. The zero-order valence-corrected chi connectivity index (χ0v) is 10.0. The first kappa shape index (κ1) is 10.9. The third-order valence-corrected chi connectivity index (χ3v) is 3.02. The van der Waals surface area contributed by atoms with Gasteiger partial charge in [-0.3, -0.25) is 0 Å². The summed E-state index contributed by atoms with van der Waals surface area (Å²) in [4.78, 5) is 6.37. The number of ether oxygens (including phenoxy) is 1. The van der Waals surface area contributed by atoms with Gasteiger partial charge in [-0.1, -0.05) is 12.1 Å². The maximum Gasteiger partial charge on any atom is 0.142 e. The molecule has 0 aliphatic carbocycles. The first-order chi connectivity index (χ1) is 8.84. The van der Waals surface area contributed by atoms with Crippen molar-refractivity contribution in [3.8, 4) is 5.75 Å². The Morgan fingerprint density at radius 3 is 2.89 bits per heavy atom. The van der Waals surface area contributed by atoms with Crippen molar-refractivity contribution >= 4 is 17.2 Å². The van der Waals surface area contributed by atoms with Gasteiger partial charge in [-0.05, 0) is 30.7 Å². The molecule has 0 bridgehead atoms. The van der Waals surface area contributed by atoms with Crippen LogP contribution in [0.4, 0.5) is 17.2 Å². The van der Waals surface area contributed by atoms with Crippen molar-refractivity contribution in [2.75, 3.05) is 23.8 Å². The van der Waals surface area contributed by atoms with E-state index in [0.717, 1.165) is 36.7 Å². The molecule has 4 nitrogen and oxygen atoms in total. The first-order valence-electron chi connectivity index (χ1n) is 6.05. The SMILES string of the molecule is Nc1ccc(N2CCCOc3ccccc32)cn1. The molecule has 3 rings (SSSR count). The molecule has 0 amide bonds. The molecule has 1 aromatic heterocycles. The number of nitrogens with two attached hydrogens (primary N) is 1. The predicted molar refractivity (Wildman–Crippen MR) is 72.2 cm³/mol. The highest BCUT2D eigenvalue weighted by Gasteiger charge is 2.17. The van der Waals surface area contributed by atoms with Gasteiger partial charge >= 0.3 is 0 Å². The van der Waals surface area contributed by atoms with Crippen molar-refractivity contribution in [3.05, 3.63) is 42.6 Å². The van der Waals surface area contributed by atoms with Crippen molar-refractivity contribution in [3.63, 3.8) is 0 Å². The minimum atomic E-state index is 0.540. The van der Waals surface area contributed by atoms with Crippen LogP contribution >= 0.6 is 0 Å². The minimum Gasteiger partial charge on any atom is -0.491 e. The van der Waals surface area contributed by atoms with Gasteiger partial charge in [0.05, 0.1) is 24.2 Å². The fourth-order valence-electron chi connectivity index (χ4n) is 2.15. The largest absolute Gasteiger partial charge is 0.491 e. The van der Waals surface area contributed by atoms with Crippen LogP contribution in [-0.4, -0.2) is 18.1 Å². The highest BCUT2D eigenvalue weighted by Crippen LogP contribution is 2.35. The topological polar surface area (TPSA) is 51.4 Å². The fraction of sp³-hybridized carbons (Fsp3) is 0.214. The van der Waals surface area contributed by atoms with Crippen LogP contribution in [0.25, 0.3) is 0 Å². The van der Waals surface area contributed by atoms with E-state index in [2.05, 4.69) is 16.0 Å².